The maximum Gasteiger partial charge on any atom is 0.233 e. The lowest BCUT2D eigenvalue weighted by Crippen LogP contribution is -2.30. The number of methoxy groups -OCH3 is 1. The molecule has 0 aliphatic carbocycles. The first-order valence-corrected chi connectivity index (χ1v) is 9.96. The average Bonchev–Trinajstić information content (AvgIpc) is 3.06. The predicted octanol–water partition coefficient (Wildman–Crippen LogP) is 3.44. The number of amides is 1. The molecule has 1 amide bonds. The van der Waals surface area contributed by atoms with E-state index in [9.17, 15) is 4.79 Å². The van der Waals surface area contributed by atoms with E-state index in [0.717, 1.165) is 22.3 Å². The van der Waals surface area contributed by atoms with Crippen molar-refractivity contribution in [2.75, 3.05) is 7.11 Å². The number of carbonyl (C=O) groups is 1. The SMILES string of the molecule is COc1ccc(CNC(=O)C(C)Sc2nnc(C)n2Cc2ccccc2)cc1. The van der Waals surface area contributed by atoms with E-state index in [1.165, 1.54) is 17.3 Å². The number of rotatable bonds is 8. The molecule has 0 bridgehead atoms. The van der Waals surface area contributed by atoms with Gasteiger partial charge >= 0.3 is 0 Å². The third kappa shape index (κ3) is 5.13. The predicted molar refractivity (Wildman–Crippen MR) is 110 cm³/mol. The van der Waals surface area contributed by atoms with Gasteiger partial charge in [0.2, 0.25) is 5.91 Å². The number of nitrogens with one attached hydrogen (secondary N) is 1. The van der Waals surface area contributed by atoms with Gasteiger partial charge in [-0.15, -0.1) is 10.2 Å². The normalized spacial score (nSPS) is 11.8. The zero-order valence-corrected chi connectivity index (χ0v) is 17.1. The topological polar surface area (TPSA) is 69.0 Å². The smallest absolute Gasteiger partial charge is 0.233 e. The number of aromatic nitrogens is 3. The molecule has 6 nitrogen and oxygen atoms in total. The summed E-state index contributed by atoms with van der Waals surface area (Å²) in [6, 6.07) is 17.8. The van der Waals surface area contributed by atoms with Gasteiger partial charge in [0.15, 0.2) is 5.16 Å². The van der Waals surface area contributed by atoms with E-state index in [4.69, 9.17) is 4.74 Å². The molecule has 0 saturated heterocycles. The molecule has 1 aromatic heterocycles. The van der Waals surface area contributed by atoms with E-state index >= 15 is 0 Å². The molecule has 0 fully saturated rings. The highest BCUT2D eigenvalue weighted by Gasteiger charge is 2.19. The van der Waals surface area contributed by atoms with Crippen molar-refractivity contribution in [3.63, 3.8) is 0 Å². The highest BCUT2D eigenvalue weighted by atomic mass is 32.2. The minimum atomic E-state index is -0.281. The van der Waals surface area contributed by atoms with Gasteiger partial charge in [-0.2, -0.15) is 0 Å². The van der Waals surface area contributed by atoms with Gasteiger partial charge in [0.25, 0.3) is 0 Å². The maximum absolute atomic E-state index is 12.5. The number of hydrogen-bond acceptors (Lipinski definition) is 5. The van der Waals surface area contributed by atoms with Crippen LogP contribution in [0.4, 0.5) is 0 Å². The molecule has 3 aromatic rings. The second-order valence-corrected chi connectivity index (χ2v) is 7.74. The van der Waals surface area contributed by atoms with Crippen molar-refractivity contribution in [2.24, 2.45) is 0 Å². The Morgan fingerprint density at radius 2 is 1.82 bits per heavy atom. The quantitative estimate of drug-likeness (QED) is 0.591. The maximum atomic E-state index is 12.5. The molecule has 28 heavy (non-hydrogen) atoms. The van der Waals surface area contributed by atoms with Gasteiger partial charge < -0.3 is 14.6 Å². The number of aryl methyl sites for hydroxylation is 1. The van der Waals surface area contributed by atoms with E-state index in [-0.39, 0.29) is 11.2 Å². The summed E-state index contributed by atoms with van der Waals surface area (Å²) in [5.74, 6) is 1.59. The van der Waals surface area contributed by atoms with Crippen molar-refractivity contribution in [3.05, 3.63) is 71.5 Å². The van der Waals surface area contributed by atoms with Gasteiger partial charge in [-0.3, -0.25) is 4.79 Å². The number of nitrogens with zero attached hydrogens (tertiary/aromatic N) is 3. The minimum Gasteiger partial charge on any atom is -0.497 e. The summed E-state index contributed by atoms with van der Waals surface area (Å²) in [4.78, 5) is 12.5. The summed E-state index contributed by atoms with van der Waals surface area (Å²) < 4.78 is 7.18. The number of ether oxygens (including phenoxy) is 1. The Kier molecular flexibility index (Phi) is 6.71. The molecule has 1 heterocycles. The monoisotopic (exact) mass is 396 g/mol. The number of thioether (sulfide) groups is 1. The van der Waals surface area contributed by atoms with Crippen molar-refractivity contribution in [3.8, 4) is 5.75 Å². The summed E-state index contributed by atoms with van der Waals surface area (Å²) in [5, 5.41) is 11.9. The molecule has 3 rings (SSSR count). The van der Waals surface area contributed by atoms with E-state index in [1.54, 1.807) is 7.11 Å². The molecule has 7 heteroatoms. The van der Waals surface area contributed by atoms with Crippen LogP contribution >= 0.6 is 11.8 Å². The first-order chi connectivity index (χ1) is 13.6. The summed E-state index contributed by atoms with van der Waals surface area (Å²) in [5.41, 5.74) is 2.19. The first kappa shape index (κ1) is 19.9. The van der Waals surface area contributed by atoms with Crippen molar-refractivity contribution in [2.45, 2.75) is 37.3 Å². The van der Waals surface area contributed by atoms with Crippen LogP contribution in [0.2, 0.25) is 0 Å². The Bertz CT molecular complexity index is 910. The molecule has 0 aliphatic heterocycles. The third-order valence-electron chi connectivity index (χ3n) is 4.36. The lowest BCUT2D eigenvalue weighted by Gasteiger charge is -2.13. The summed E-state index contributed by atoms with van der Waals surface area (Å²) >= 11 is 1.42. The van der Waals surface area contributed by atoms with E-state index in [1.807, 2.05) is 60.9 Å². The summed E-state index contributed by atoms with van der Waals surface area (Å²) in [6.45, 7) is 4.96. The van der Waals surface area contributed by atoms with E-state index < -0.39 is 0 Å². The Morgan fingerprint density at radius 1 is 1.11 bits per heavy atom. The standard InChI is InChI=1S/C21H24N4O2S/c1-15(20(26)22-13-17-9-11-19(27-3)12-10-17)28-21-24-23-16(2)25(21)14-18-7-5-4-6-8-18/h4-12,15H,13-14H2,1-3H3,(H,22,26). The van der Waals surface area contributed by atoms with Crippen molar-refractivity contribution < 1.29 is 9.53 Å². The van der Waals surface area contributed by atoms with E-state index in [2.05, 4.69) is 27.6 Å². The number of carbonyl (C=O) groups excluding carboxylic acids is 1. The van der Waals surface area contributed by atoms with Crippen molar-refractivity contribution in [1.82, 2.24) is 20.1 Å². The molecule has 0 aliphatic rings. The fraction of sp³-hybridized carbons (Fsp3) is 0.286. The summed E-state index contributed by atoms with van der Waals surface area (Å²) in [7, 11) is 1.63. The Morgan fingerprint density at radius 3 is 2.50 bits per heavy atom. The molecule has 0 saturated carbocycles. The van der Waals surface area contributed by atoms with Crippen LogP contribution in [-0.4, -0.2) is 33.0 Å². The summed E-state index contributed by atoms with van der Waals surface area (Å²) in [6.07, 6.45) is 0. The molecule has 2 aromatic carbocycles. The molecular formula is C21H24N4O2S. The molecule has 0 spiro atoms. The molecular weight excluding hydrogens is 372 g/mol. The second-order valence-electron chi connectivity index (χ2n) is 6.43. The largest absolute Gasteiger partial charge is 0.497 e. The fourth-order valence-corrected chi connectivity index (χ4v) is 3.60. The van der Waals surface area contributed by atoms with Crippen LogP contribution in [0.5, 0.6) is 5.75 Å². The van der Waals surface area contributed by atoms with Crippen LogP contribution in [0.3, 0.4) is 0 Å². The van der Waals surface area contributed by atoms with Crippen LogP contribution < -0.4 is 10.1 Å². The lowest BCUT2D eigenvalue weighted by atomic mass is 10.2. The average molecular weight is 397 g/mol. The molecule has 1 atom stereocenters. The Labute approximate surface area is 169 Å². The number of hydrogen-bond donors (Lipinski definition) is 1. The first-order valence-electron chi connectivity index (χ1n) is 9.08. The van der Waals surface area contributed by atoms with Gasteiger partial charge in [0.05, 0.1) is 18.9 Å². The van der Waals surface area contributed by atoms with Gasteiger partial charge in [0, 0.05) is 6.54 Å². The molecule has 1 unspecified atom stereocenters. The van der Waals surface area contributed by atoms with Crippen LogP contribution in [0, 0.1) is 6.92 Å². The van der Waals surface area contributed by atoms with E-state index in [0.29, 0.717) is 13.1 Å². The minimum absolute atomic E-state index is 0.0345. The highest BCUT2D eigenvalue weighted by molar-refractivity contribution is 8.00. The van der Waals surface area contributed by atoms with Crippen molar-refractivity contribution >= 4 is 17.7 Å². The molecule has 1 N–H and O–H groups in total. The fourth-order valence-electron chi connectivity index (χ4n) is 2.68. The Balaban J connectivity index is 1.59. The Hall–Kier alpha value is -2.80. The number of benzene rings is 2. The molecule has 0 radical (unpaired) electrons. The highest BCUT2D eigenvalue weighted by Crippen LogP contribution is 2.23. The second kappa shape index (κ2) is 9.41. The molecule has 146 valence electrons. The van der Waals surface area contributed by atoms with Gasteiger partial charge in [0.1, 0.15) is 11.6 Å². The van der Waals surface area contributed by atoms with Crippen LogP contribution in [0.1, 0.15) is 23.9 Å². The lowest BCUT2D eigenvalue weighted by molar-refractivity contribution is -0.120. The van der Waals surface area contributed by atoms with Crippen molar-refractivity contribution in [1.29, 1.82) is 0 Å². The van der Waals surface area contributed by atoms with Crippen LogP contribution in [0.25, 0.3) is 0 Å². The third-order valence-corrected chi connectivity index (χ3v) is 5.44. The zero-order valence-electron chi connectivity index (χ0n) is 16.3. The van der Waals surface area contributed by atoms with Crippen LogP contribution in [0.15, 0.2) is 59.8 Å². The van der Waals surface area contributed by atoms with Gasteiger partial charge in [-0.1, -0.05) is 54.2 Å². The van der Waals surface area contributed by atoms with Gasteiger partial charge in [-0.05, 0) is 37.1 Å². The van der Waals surface area contributed by atoms with Gasteiger partial charge in [-0.25, -0.2) is 0 Å². The zero-order chi connectivity index (χ0) is 19.9. The van der Waals surface area contributed by atoms with Crippen LogP contribution in [-0.2, 0) is 17.9 Å².